The van der Waals surface area contributed by atoms with Gasteiger partial charge in [0.15, 0.2) is 0 Å². The fraction of sp³-hybridized carbons (Fsp3) is 0.250. The number of benzene rings is 4. The van der Waals surface area contributed by atoms with E-state index in [1.165, 1.54) is 21.9 Å². The second kappa shape index (κ2) is 12.4. The van der Waals surface area contributed by atoms with E-state index in [1.807, 2.05) is 42.5 Å². The summed E-state index contributed by atoms with van der Waals surface area (Å²) in [4.78, 5) is 0. The van der Waals surface area contributed by atoms with Crippen molar-refractivity contribution in [2.24, 2.45) is 0 Å². The van der Waals surface area contributed by atoms with E-state index < -0.39 is 0 Å². The molecule has 1 aliphatic rings. The molecule has 4 aromatic rings. The lowest BCUT2D eigenvalue weighted by atomic mass is 9.87. The van der Waals surface area contributed by atoms with E-state index in [0.29, 0.717) is 25.7 Å². The van der Waals surface area contributed by atoms with Crippen LogP contribution >= 0.6 is 0 Å². The van der Waals surface area contributed by atoms with E-state index in [2.05, 4.69) is 72.0 Å². The van der Waals surface area contributed by atoms with Gasteiger partial charge in [0.25, 0.3) is 0 Å². The highest BCUT2D eigenvalue weighted by Gasteiger charge is 2.27. The number of rotatable bonds is 10. The summed E-state index contributed by atoms with van der Waals surface area (Å²) in [5.41, 5.74) is 2.52. The molecular weight excluding hydrogens is 446 g/mol. The van der Waals surface area contributed by atoms with Gasteiger partial charge in [-0.15, -0.1) is 0 Å². The summed E-state index contributed by atoms with van der Waals surface area (Å²) in [6.07, 6.45) is 5.17. The van der Waals surface area contributed by atoms with Gasteiger partial charge >= 0.3 is 0 Å². The topological polar surface area (TPSA) is 39.7 Å². The average Bonchev–Trinajstić information content (AvgIpc) is 2.95. The standard InChI is InChI=1S/C32H33NO3/c1-2-10-29(11-3-1)34-20-6-7-21-35-30-16-14-27(15-17-30)31-18-19-33-23-32(31)36-24-25-12-13-26-8-4-5-9-28(26)22-25/h1-17,22,31-33H,18-21,23-24H2/b7-6-. The molecule has 0 radical (unpaired) electrons. The molecule has 1 saturated heterocycles. The predicted molar refractivity (Wildman–Crippen MR) is 146 cm³/mol. The third-order valence-corrected chi connectivity index (χ3v) is 6.61. The maximum atomic E-state index is 6.43. The predicted octanol–water partition coefficient (Wildman–Crippen LogP) is 6.52. The lowest BCUT2D eigenvalue weighted by molar-refractivity contribution is 0.0106. The van der Waals surface area contributed by atoms with Crippen molar-refractivity contribution in [3.63, 3.8) is 0 Å². The van der Waals surface area contributed by atoms with Gasteiger partial charge in [-0.1, -0.05) is 66.7 Å². The third-order valence-electron chi connectivity index (χ3n) is 6.61. The van der Waals surface area contributed by atoms with Crippen LogP contribution < -0.4 is 14.8 Å². The highest BCUT2D eigenvalue weighted by atomic mass is 16.5. The second-order valence-corrected chi connectivity index (χ2v) is 9.11. The van der Waals surface area contributed by atoms with Crippen LogP contribution in [0.3, 0.4) is 0 Å². The Kier molecular flexibility index (Phi) is 8.30. The highest BCUT2D eigenvalue weighted by Crippen LogP contribution is 2.30. The molecule has 36 heavy (non-hydrogen) atoms. The van der Waals surface area contributed by atoms with Gasteiger partial charge in [-0.2, -0.15) is 0 Å². The fourth-order valence-electron chi connectivity index (χ4n) is 4.67. The molecule has 2 unspecified atom stereocenters. The Balaban J connectivity index is 1.11. The van der Waals surface area contributed by atoms with Gasteiger partial charge in [0, 0.05) is 12.5 Å². The maximum absolute atomic E-state index is 6.43. The molecule has 4 heteroatoms. The van der Waals surface area contributed by atoms with Crippen molar-refractivity contribution in [3.8, 4) is 11.5 Å². The number of para-hydroxylation sites is 1. The first kappa shape index (κ1) is 24.1. The van der Waals surface area contributed by atoms with Crippen molar-refractivity contribution < 1.29 is 14.2 Å². The van der Waals surface area contributed by atoms with Gasteiger partial charge in [-0.05, 0) is 77.3 Å². The minimum absolute atomic E-state index is 0.143. The number of nitrogens with one attached hydrogen (secondary N) is 1. The molecule has 0 aliphatic carbocycles. The van der Waals surface area contributed by atoms with Crippen LogP contribution in [0.15, 0.2) is 109 Å². The Labute approximate surface area is 213 Å². The first-order valence-corrected chi connectivity index (χ1v) is 12.7. The van der Waals surface area contributed by atoms with Crippen LogP contribution in [0.1, 0.15) is 23.5 Å². The minimum Gasteiger partial charge on any atom is -0.490 e. The van der Waals surface area contributed by atoms with Gasteiger partial charge < -0.3 is 19.5 Å². The number of ether oxygens (including phenoxy) is 3. The molecule has 1 N–H and O–H groups in total. The summed E-state index contributed by atoms with van der Waals surface area (Å²) in [6.45, 7) is 3.54. The van der Waals surface area contributed by atoms with E-state index in [4.69, 9.17) is 14.2 Å². The van der Waals surface area contributed by atoms with E-state index in [-0.39, 0.29) is 6.10 Å². The summed E-state index contributed by atoms with van der Waals surface area (Å²) < 4.78 is 18.0. The Bertz CT molecular complexity index is 1250. The molecule has 2 atom stereocenters. The maximum Gasteiger partial charge on any atom is 0.119 e. The van der Waals surface area contributed by atoms with Crippen molar-refractivity contribution in [3.05, 3.63) is 120 Å². The van der Waals surface area contributed by atoms with E-state index in [0.717, 1.165) is 31.0 Å². The summed E-state index contributed by atoms with van der Waals surface area (Å²) >= 11 is 0. The van der Waals surface area contributed by atoms with Gasteiger partial charge in [0.2, 0.25) is 0 Å². The lowest BCUT2D eigenvalue weighted by Crippen LogP contribution is -2.40. The summed E-state index contributed by atoms with van der Waals surface area (Å²) in [6, 6.07) is 33.3. The second-order valence-electron chi connectivity index (χ2n) is 9.11. The Morgan fingerprint density at radius 1 is 0.722 bits per heavy atom. The van der Waals surface area contributed by atoms with E-state index >= 15 is 0 Å². The number of piperidine rings is 1. The normalized spacial score (nSPS) is 17.9. The van der Waals surface area contributed by atoms with Crippen LogP contribution in [0.4, 0.5) is 0 Å². The largest absolute Gasteiger partial charge is 0.490 e. The molecule has 0 aromatic heterocycles. The van der Waals surface area contributed by atoms with Crippen LogP contribution in [-0.2, 0) is 11.3 Å². The van der Waals surface area contributed by atoms with Crippen molar-refractivity contribution >= 4 is 10.8 Å². The number of fused-ring (bicyclic) bond motifs is 1. The highest BCUT2D eigenvalue weighted by molar-refractivity contribution is 5.82. The number of hydrogen-bond donors (Lipinski definition) is 1. The van der Waals surface area contributed by atoms with Crippen LogP contribution in [0.25, 0.3) is 10.8 Å². The van der Waals surface area contributed by atoms with Gasteiger partial charge in [-0.3, -0.25) is 0 Å². The molecule has 0 bridgehead atoms. The van der Waals surface area contributed by atoms with Gasteiger partial charge in [-0.25, -0.2) is 0 Å². The molecule has 0 amide bonds. The molecule has 0 spiro atoms. The SMILES string of the molecule is C(=C/COc1ccc(C2CCNCC2OCc2ccc3ccccc3c2)cc1)/COc1ccccc1. The van der Waals surface area contributed by atoms with Gasteiger partial charge in [0.1, 0.15) is 24.7 Å². The monoisotopic (exact) mass is 479 g/mol. The van der Waals surface area contributed by atoms with Crippen LogP contribution in [0, 0.1) is 0 Å². The first-order chi connectivity index (χ1) is 17.8. The molecule has 1 heterocycles. The zero-order valence-electron chi connectivity index (χ0n) is 20.5. The van der Waals surface area contributed by atoms with Crippen LogP contribution in [-0.4, -0.2) is 32.4 Å². The molecule has 1 aliphatic heterocycles. The number of hydrogen-bond acceptors (Lipinski definition) is 4. The average molecular weight is 480 g/mol. The Hall–Kier alpha value is -3.60. The molecule has 5 rings (SSSR count). The quantitative estimate of drug-likeness (QED) is 0.263. The van der Waals surface area contributed by atoms with Crippen LogP contribution in [0.5, 0.6) is 11.5 Å². The third kappa shape index (κ3) is 6.54. The van der Waals surface area contributed by atoms with Crippen molar-refractivity contribution in [2.75, 3.05) is 26.3 Å². The Morgan fingerprint density at radius 3 is 2.19 bits per heavy atom. The van der Waals surface area contributed by atoms with E-state index in [9.17, 15) is 0 Å². The zero-order chi connectivity index (χ0) is 24.4. The Morgan fingerprint density at radius 2 is 1.42 bits per heavy atom. The van der Waals surface area contributed by atoms with E-state index in [1.54, 1.807) is 0 Å². The summed E-state index contributed by atoms with van der Waals surface area (Å²) in [7, 11) is 0. The molecule has 1 fully saturated rings. The van der Waals surface area contributed by atoms with Crippen LogP contribution in [0.2, 0.25) is 0 Å². The van der Waals surface area contributed by atoms with Crippen molar-refractivity contribution in [2.45, 2.75) is 25.0 Å². The zero-order valence-corrected chi connectivity index (χ0v) is 20.5. The van der Waals surface area contributed by atoms with Crippen molar-refractivity contribution in [1.82, 2.24) is 5.32 Å². The smallest absolute Gasteiger partial charge is 0.119 e. The minimum atomic E-state index is 0.143. The first-order valence-electron chi connectivity index (χ1n) is 12.7. The van der Waals surface area contributed by atoms with Gasteiger partial charge in [0.05, 0.1) is 12.7 Å². The van der Waals surface area contributed by atoms with Crippen molar-refractivity contribution in [1.29, 1.82) is 0 Å². The summed E-state index contributed by atoms with van der Waals surface area (Å²) in [5.74, 6) is 2.11. The molecule has 0 saturated carbocycles. The molecule has 184 valence electrons. The summed E-state index contributed by atoms with van der Waals surface area (Å²) in [5, 5.41) is 6.02. The molecular formula is C32H33NO3. The fourth-order valence-corrected chi connectivity index (χ4v) is 4.67. The molecule has 4 aromatic carbocycles. The molecule has 4 nitrogen and oxygen atoms in total. The lowest BCUT2D eigenvalue weighted by Gasteiger charge is -2.32.